The molecule has 0 saturated carbocycles. The average Bonchev–Trinajstić information content (AvgIpc) is 2.58. The van der Waals surface area contributed by atoms with Gasteiger partial charge < -0.3 is 11.1 Å². The highest BCUT2D eigenvalue weighted by Crippen LogP contribution is 2.11. The van der Waals surface area contributed by atoms with Crippen LogP contribution in [0.1, 0.15) is 23.2 Å². The van der Waals surface area contributed by atoms with Gasteiger partial charge in [0.2, 0.25) is 0 Å². The Labute approximate surface area is 88.3 Å². The molecule has 1 aromatic heterocycles. The third-order valence-corrected chi connectivity index (χ3v) is 2.51. The van der Waals surface area contributed by atoms with Crippen molar-refractivity contribution in [3.05, 3.63) is 16.1 Å². The Morgan fingerprint density at radius 3 is 3.07 bits per heavy atom. The van der Waals surface area contributed by atoms with Crippen LogP contribution < -0.4 is 11.1 Å². The van der Waals surface area contributed by atoms with Crippen molar-refractivity contribution in [2.75, 3.05) is 6.54 Å². The lowest BCUT2D eigenvalue weighted by molar-refractivity contribution is 0.825. The molecule has 1 rings (SSSR count). The Hall–Kier alpha value is -1.10. The van der Waals surface area contributed by atoms with E-state index in [1.54, 1.807) is 11.3 Å². The van der Waals surface area contributed by atoms with Crippen LogP contribution in [0.25, 0.3) is 0 Å². The number of nitrogens with two attached hydrogens (primary N) is 1. The number of hydrogen-bond donors (Lipinski definition) is 2. The lowest BCUT2D eigenvalue weighted by Crippen LogP contribution is -2.32. The fourth-order valence-corrected chi connectivity index (χ4v) is 1.65. The van der Waals surface area contributed by atoms with Crippen LogP contribution in [0.5, 0.6) is 0 Å². The number of nitrogens with zero attached hydrogens (tertiary/aromatic N) is 2. The van der Waals surface area contributed by atoms with E-state index < -0.39 is 0 Å². The van der Waals surface area contributed by atoms with Crippen LogP contribution in [-0.2, 0) is 6.54 Å². The van der Waals surface area contributed by atoms with Crippen molar-refractivity contribution in [3.63, 3.8) is 0 Å². The Balaban J connectivity index is 2.38. The Morgan fingerprint density at radius 1 is 1.71 bits per heavy atom. The zero-order valence-electron chi connectivity index (χ0n) is 8.58. The number of nitrogens with one attached hydrogen (secondary N) is 1. The van der Waals surface area contributed by atoms with Crippen LogP contribution in [0.15, 0.2) is 11.2 Å². The van der Waals surface area contributed by atoms with Gasteiger partial charge in [0.15, 0.2) is 5.96 Å². The fourth-order valence-electron chi connectivity index (χ4n) is 0.936. The highest BCUT2D eigenvalue weighted by Gasteiger charge is 1.97. The van der Waals surface area contributed by atoms with Gasteiger partial charge in [-0.2, -0.15) is 0 Å². The number of guanidine groups is 1. The van der Waals surface area contributed by atoms with Gasteiger partial charge in [-0.3, -0.25) is 0 Å². The number of hydrogen-bond acceptors (Lipinski definition) is 3. The normalized spacial score (nSPS) is 11.7. The predicted molar refractivity (Wildman–Crippen MR) is 60.5 cm³/mol. The molecular formula is C9H16N4S. The Bertz CT molecular complexity index is 306. The molecule has 0 bridgehead atoms. The van der Waals surface area contributed by atoms with E-state index in [0.29, 0.717) is 12.5 Å². The standard InChI is InChI=1S/C9H16N4S/c1-3-4-11-9(10)13-6-8-12-5-7(2)14-8/h5H,3-4,6H2,1-2H3,(H3,10,11,13). The van der Waals surface area contributed by atoms with Crippen LogP contribution in [0.3, 0.4) is 0 Å². The summed E-state index contributed by atoms with van der Waals surface area (Å²) in [6, 6.07) is 0. The fraction of sp³-hybridized carbons (Fsp3) is 0.556. The quantitative estimate of drug-likeness (QED) is 0.583. The molecule has 0 fully saturated rings. The van der Waals surface area contributed by atoms with Gasteiger partial charge in [-0.15, -0.1) is 11.3 Å². The van der Waals surface area contributed by atoms with Crippen LogP contribution >= 0.6 is 11.3 Å². The van der Waals surface area contributed by atoms with E-state index in [1.807, 2.05) is 13.1 Å². The number of aromatic nitrogens is 1. The zero-order chi connectivity index (χ0) is 10.4. The molecule has 1 heterocycles. The van der Waals surface area contributed by atoms with Gasteiger partial charge in [0, 0.05) is 17.6 Å². The summed E-state index contributed by atoms with van der Waals surface area (Å²) in [5.74, 6) is 0.500. The largest absolute Gasteiger partial charge is 0.370 e. The number of rotatable bonds is 4. The van der Waals surface area contributed by atoms with Gasteiger partial charge in [0.05, 0.1) is 6.54 Å². The van der Waals surface area contributed by atoms with Crippen molar-refractivity contribution in [2.24, 2.45) is 10.7 Å². The number of thiazole rings is 1. The monoisotopic (exact) mass is 212 g/mol. The molecule has 0 amide bonds. The smallest absolute Gasteiger partial charge is 0.189 e. The maximum absolute atomic E-state index is 5.63. The van der Waals surface area contributed by atoms with Gasteiger partial charge in [0.1, 0.15) is 5.01 Å². The van der Waals surface area contributed by atoms with Crippen molar-refractivity contribution in [2.45, 2.75) is 26.8 Å². The minimum atomic E-state index is 0.500. The predicted octanol–water partition coefficient (Wildman–Crippen LogP) is 1.27. The van der Waals surface area contributed by atoms with Crippen LogP contribution in [0.4, 0.5) is 0 Å². The lowest BCUT2D eigenvalue weighted by atomic mass is 10.5. The minimum absolute atomic E-state index is 0.500. The topological polar surface area (TPSA) is 63.3 Å². The van der Waals surface area contributed by atoms with Crippen molar-refractivity contribution in [1.82, 2.24) is 10.3 Å². The van der Waals surface area contributed by atoms with E-state index >= 15 is 0 Å². The molecule has 0 unspecified atom stereocenters. The summed E-state index contributed by atoms with van der Waals surface area (Å²) in [5, 5.41) is 4.02. The second-order valence-electron chi connectivity index (χ2n) is 2.99. The second-order valence-corrected chi connectivity index (χ2v) is 4.31. The maximum atomic E-state index is 5.63. The Morgan fingerprint density at radius 2 is 2.50 bits per heavy atom. The van der Waals surface area contributed by atoms with E-state index in [1.165, 1.54) is 4.88 Å². The van der Waals surface area contributed by atoms with Gasteiger partial charge >= 0.3 is 0 Å². The molecule has 0 atom stereocenters. The zero-order valence-corrected chi connectivity index (χ0v) is 9.40. The molecule has 14 heavy (non-hydrogen) atoms. The van der Waals surface area contributed by atoms with E-state index in [0.717, 1.165) is 18.0 Å². The van der Waals surface area contributed by atoms with E-state index in [2.05, 4.69) is 22.2 Å². The van der Waals surface area contributed by atoms with E-state index in [4.69, 9.17) is 5.73 Å². The summed E-state index contributed by atoms with van der Waals surface area (Å²) in [7, 11) is 0. The summed E-state index contributed by atoms with van der Waals surface area (Å²) < 4.78 is 0. The minimum Gasteiger partial charge on any atom is -0.370 e. The van der Waals surface area contributed by atoms with Crippen LogP contribution in [0.2, 0.25) is 0 Å². The molecule has 0 spiro atoms. The summed E-state index contributed by atoms with van der Waals surface area (Å²) in [5.41, 5.74) is 5.63. The molecule has 3 N–H and O–H groups in total. The van der Waals surface area contributed by atoms with Crippen LogP contribution in [0, 0.1) is 6.92 Å². The molecule has 78 valence electrons. The molecule has 0 aliphatic carbocycles. The Kier molecular flexibility index (Phi) is 4.39. The van der Waals surface area contributed by atoms with E-state index in [-0.39, 0.29) is 0 Å². The van der Waals surface area contributed by atoms with Crippen molar-refractivity contribution < 1.29 is 0 Å². The van der Waals surface area contributed by atoms with Gasteiger partial charge in [-0.1, -0.05) is 6.92 Å². The first-order chi connectivity index (χ1) is 6.72. The van der Waals surface area contributed by atoms with Crippen molar-refractivity contribution in [3.8, 4) is 0 Å². The van der Waals surface area contributed by atoms with Crippen LogP contribution in [-0.4, -0.2) is 17.5 Å². The molecule has 1 aromatic rings. The first-order valence-corrected chi connectivity index (χ1v) is 5.49. The van der Waals surface area contributed by atoms with E-state index in [9.17, 15) is 0 Å². The summed E-state index contributed by atoms with van der Waals surface area (Å²) in [6.07, 6.45) is 2.90. The third-order valence-electron chi connectivity index (χ3n) is 1.61. The van der Waals surface area contributed by atoms with Crippen molar-refractivity contribution >= 4 is 17.3 Å². The molecule has 0 saturated heterocycles. The first-order valence-electron chi connectivity index (χ1n) is 4.67. The van der Waals surface area contributed by atoms with Crippen molar-refractivity contribution in [1.29, 1.82) is 0 Å². The molecule has 5 heteroatoms. The average molecular weight is 212 g/mol. The molecule has 0 aliphatic rings. The molecular weight excluding hydrogens is 196 g/mol. The van der Waals surface area contributed by atoms with Gasteiger partial charge in [-0.25, -0.2) is 9.98 Å². The molecule has 0 aliphatic heterocycles. The summed E-state index contributed by atoms with van der Waals surface area (Å²) >= 11 is 1.65. The third kappa shape index (κ3) is 3.74. The second kappa shape index (κ2) is 5.59. The van der Waals surface area contributed by atoms with Gasteiger partial charge in [-0.05, 0) is 13.3 Å². The lowest BCUT2D eigenvalue weighted by Gasteiger charge is -2.01. The molecule has 0 aromatic carbocycles. The molecule has 4 nitrogen and oxygen atoms in total. The highest BCUT2D eigenvalue weighted by molar-refractivity contribution is 7.11. The SMILES string of the molecule is CCCNC(N)=NCc1ncc(C)s1. The molecule has 0 radical (unpaired) electrons. The number of aliphatic imine (C=N–C) groups is 1. The number of aryl methyl sites for hydroxylation is 1. The summed E-state index contributed by atoms with van der Waals surface area (Å²) in [6.45, 7) is 5.56. The highest BCUT2D eigenvalue weighted by atomic mass is 32.1. The summed E-state index contributed by atoms with van der Waals surface area (Å²) in [4.78, 5) is 9.58. The maximum Gasteiger partial charge on any atom is 0.189 e. The first kappa shape index (κ1) is 11.0. The van der Waals surface area contributed by atoms with Gasteiger partial charge in [0.25, 0.3) is 0 Å².